The number of hydrogen-bond donors (Lipinski definition) is 0. The summed E-state index contributed by atoms with van der Waals surface area (Å²) in [6.45, 7) is 6.41. The van der Waals surface area contributed by atoms with Gasteiger partial charge in [0.1, 0.15) is 11.3 Å². The van der Waals surface area contributed by atoms with E-state index in [-0.39, 0.29) is 0 Å². The van der Waals surface area contributed by atoms with E-state index >= 15 is 0 Å². The first-order valence-corrected chi connectivity index (χ1v) is 9.65. The van der Waals surface area contributed by atoms with Gasteiger partial charge in [-0.25, -0.2) is 4.98 Å². The molecule has 0 bridgehead atoms. The molecule has 0 spiro atoms. The molecule has 0 saturated heterocycles. The Hall–Kier alpha value is -2.56. The van der Waals surface area contributed by atoms with Crippen molar-refractivity contribution in [2.24, 2.45) is 5.92 Å². The van der Waals surface area contributed by atoms with E-state index in [0.717, 1.165) is 45.6 Å². The van der Waals surface area contributed by atoms with Crippen LogP contribution in [-0.4, -0.2) is 28.8 Å². The van der Waals surface area contributed by atoms with E-state index in [1.54, 1.807) is 14.2 Å². The molecule has 1 atom stereocenters. The lowest BCUT2D eigenvalue weighted by Crippen LogP contribution is -2.12. The van der Waals surface area contributed by atoms with Crippen LogP contribution in [0.25, 0.3) is 22.3 Å². The predicted molar refractivity (Wildman–Crippen MR) is 108 cm³/mol. The molecule has 5 nitrogen and oxygen atoms in total. The van der Waals surface area contributed by atoms with Gasteiger partial charge >= 0.3 is 0 Å². The molecule has 2 aromatic heterocycles. The third-order valence-electron chi connectivity index (χ3n) is 5.68. The lowest BCUT2D eigenvalue weighted by atomic mass is 9.97. The van der Waals surface area contributed by atoms with E-state index in [0.29, 0.717) is 18.0 Å². The second kappa shape index (κ2) is 6.87. The van der Waals surface area contributed by atoms with E-state index in [2.05, 4.69) is 37.5 Å². The fraction of sp³-hybridized carbons (Fsp3) is 0.455. The van der Waals surface area contributed by atoms with Crippen LogP contribution in [0, 0.1) is 19.8 Å². The maximum Gasteiger partial charge on any atom is 0.298 e. The molecule has 142 valence electrons. The molecule has 1 unspecified atom stereocenters. The van der Waals surface area contributed by atoms with Gasteiger partial charge in [-0.3, -0.25) is 4.57 Å². The minimum absolute atomic E-state index is 0.395. The van der Waals surface area contributed by atoms with Crippen molar-refractivity contribution >= 4 is 11.2 Å². The van der Waals surface area contributed by atoms with Crippen molar-refractivity contribution in [3.8, 4) is 22.9 Å². The van der Waals surface area contributed by atoms with Crippen molar-refractivity contribution in [3.63, 3.8) is 0 Å². The zero-order chi connectivity index (χ0) is 19.1. The average molecular weight is 365 g/mol. The maximum absolute atomic E-state index is 5.66. The van der Waals surface area contributed by atoms with E-state index in [1.165, 1.54) is 12.8 Å². The minimum atomic E-state index is 0.395. The Kier molecular flexibility index (Phi) is 4.54. The van der Waals surface area contributed by atoms with Crippen LogP contribution in [0.2, 0.25) is 0 Å². The van der Waals surface area contributed by atoms with Gasteiger partial charge < -0.3 is 9.47 Å². The highest BCUT2D eigenvalue weighted by Gasteiger charge is 2.34. The highest BCUT2D eigenvalue weighted by molar-refractivity contribution is 5.92. The summed E-state index contributed by atoms with van der Waals surface area (Å²) in [7, 11) is 3.40. The van der Waals surface area contributed by atoms with Gasteiger partial charge in [0.2, 0.25) is 0 Å². The second-order valence-electron chi connectivity index (χ2n) is 7.45. The molecule has 27 heavy (non-hydrogen) atoms. The molecule has 3 aromatic rings. The SMILES string of the molecule is CCC(C1CC1)n1c(OC)nc2c(-c3cc(C)c(OC)cc3C)ccnc21. The lowest BCUT2D eigenvalue weighted by molar-refractivity contribution is 0.322. The van der Waals surface area contributed by atoms with Crippen LogP contribution in [-0.2, 0) is 0 Å². The molecular weight excluding hydrogens is 338 g/mol. The normalized spacial score (nSPS) is 15.1. The molecule has 0 radical (unpaired) electrons. The Morgan fingerprint density at radius 3 is 2.52 bits per heavy atom. The summed E-state index contributed by atoms with van der Waals surface area (Å²) in [5.41, 5.74) is 6.34. The van der Waals surface area contributed by atoms with Crippen LogP contribution in [0.15, 0.2) is 24.4 Å². The zero-order valence-electron chi connectivity index (χ0n) is 16.7. The molecule has 0 N–H and O–H groups in total. The number of rotatable bonds is 6. The van der Waals surface area contributed by atoms with E-state index in [4.69, 9.17) is 19.4 Å². The number of ether oxygens (including phenoxy) is 2. The number of benzene rings is 1. The molecule has 4 rings (SSSR count). The van der Waals surface area contributed by atoms with Crippen molar-refractivity contribution in [1.82, 2.24) is 14.5 Å². The Morgan fingerprint density at radius 2 is 1.89 bits per heavy atom. The summed E-state index contributed by atoms with van der Waals surface area (Å²) >= 11 is 0. The molecule has 0 amide bonds. The summed E-state index contributed by atoms with van der Waals surface area (Å²) in [6.07, 6.45) is 5.49. The van der Waals surface area contributed by atoms with Crippen LogP contribution in [0.5, 0.6) is 11.8 Å². The Labute approximate surface area is 160 Å². The number of nitrogens with zero attached hydrogens (tertiary/aromatic N) is 3. The van der Waals surface area contributed by atoms with Crippen LogP contribution in [0.3, 0.4) is 0 Å². The summed E-state index contributed by atoms with van der Waals surface area (Å²) in [5, 5.41) is 0. The van der Waals surface area contributed by atoms with Gasteiger partial charge in [-0.15, -0.1) is 0 Å². The van der Waals surface area contributed by atoms with E-state index in [1.807, 2.05) is 12.3 Å². The van der Waals surface area contributed by atoms with Gasteiger partial charge in [-0.1, -0.05) is 6.92 Å². The summed E-state index contributed by atoms with van der Waals surface area (Å²) in [4.78, 5) is 9.54. The van der Waals surface area contributed by atoms with Gasteiger partial charge in [0, 0.05) is 17.8 Å². The first-order valence-electron chi connectivity index (χ1n) is 9.65. The van der Waals surface area contributed by atoms with Crippen molar-refractivity contribution in [2.75, 3.05) is 14.2 Å². The molecular formula is C22H27N3O2. The largest absolute Gasteiger partial charge is 0.496 e. The molecule has 1 aromatic carbocycles. The van der Waals surface area contributed by atoms with Crippen LogP contribution < -0.4 is 9.47 Å². The summed E-state index contributed by atoms with van der Waals surface area (Å²) in [5.74, 6) is 1.61. The average Bonchev–Trinajstić information content (AvgIpc) is 3.44. The Morgan fingerprint density at radius 1 is 1.11 bits per heavy atom. The Bertz CT molecular complexity index is 989. The third-order valence-corrected chi connectivity index (χ3v) is 5.68. The van der Waals surface area contributed by atoms with Crippen molar-refractivity contribution in [1.29, 1.82) is 0 Å². The standard InChI is InChI=1S/C22H27N3O2/c1-6-18(15-7-8-15)25-21-20(24-22(25)27-5)16(9-10-23-21)17-11-14(3)19(26-4)12-13(17)2/h9-12,15,18H,6-8H2,1-5H3. The summed E-state index contributed by atoms with van der Waals surface area (Å²) < 4.78 is 13.3. The smallest absolute Gasteiger partial charge is 0.298 e. The van der Waals surface area contributed by atoms with Crippen molar-refractivity contribution < 1.29 is 9.47 Å². The number of aryl methyl sites for hydroxylation is 2. The highest BCUT2D eigenvalue weighted by atomic mass is 16.5. The fourth-order valence-electron chi connectivity index (χ4n) is 4.14. The molecule has 1 fully saturated rings. The number of pyridine rings is 1. The molecule has 1 aliphatic rings. The topological polar surface area (TPSA) is 49.2 Å². The van der Waals surface area contributed by atoms with E-state index < -0.39 is 0 Å². The van der Waals surface area contributed by atoms with E-state index in [9.17, 15) is 0 Å². The molecule has 2 heterocycles. The number of methoxy groups -OCH3 is 2. The van der Waals surface area contributed by atoms with Crippen LogP contribution >= 0.6 is 0 Å². The number of hydrogen-bond acceptors (Lipinski definition) is 4. The number of imidazole rings is 1. The highest BCUT2D eigenvalue weighted by Crippen LogP contribution is 2.45. The number of fused-ring (bicyclic) bond motifs is 1. The van der Waals surface area contributed by atoms with Gasteiger partial charge in [0.15, 0.2) is 5.65 Å². The first-order chi connectivity index (χ1) is 13.1. The zero-order valence-corrected chi connectivity index (χ0v) is 16.7. The van der Waals surface area contributed by atoms with Gasteiger partial charge in [-0.05, 0) is 73.9 Å². The Balaban J connectivity index is 1.94. The van der Waals surface area contributed by atoms with Gasteiger partial charge in [0.05, 0.1) is 14.2 Å². The van der Waals surface area contributed by atoms with Crippen LogP contribution in [0.4, 0.5) is 0 Å². The summed E-state index contributed by atoms with van der Waals surface area (Å²) in [6, 6.07) is 7.36. The van der Waals surface area contributed by atoms with Gasteiger partial charge in [-0.2, -0.15) is 4.98 Å². The van der Waals surface area contributed by atoms with Gasteiger partial charge in [0.25, 0.3) is 6.01 Å². The molecule has 0 aliphatic heterocycles. The third kappa shape index (κ3) is 2.95. The number of aromatic nitrogens is 3. The maximum atomic E-state index is 5.66. The van der Waals surface area contributed by atoms with Crippen molar-refractivity contribution in [2.45, 2.75) is 46.1 Å². The van der Waals surface area contributed by atoms with Crippen molar-refractivity contribution in [3.05, 3.63) is 35.5 Å². The predicted octanol–water partition coefficient (Wildman–Crippen LogP) is 5.09. The molecule has 1 saturated carbocycles. The second-order valence-corrected chi connectivity index (χ2v) is 7.45. The first kappa shape index (κ1) is 17.8. The quantitative estimate of drug-likeness (QED) is 0.610. The molecule has 5 heteroatoms. The van der Waals surface area contributed by atoms with Crippen LogP contribution in [0.1, 0.15) is 43.4 Å². The minimum Gasteiger partial charge on any atom is -0.496 e. The lowest BCUT2D eigenvalue weighted by Gasteiger charge is -2.18. The molecule has 1 aliphatic carbocycles. The monoisotopic (exact) mass is 365 g/mol. The fourth-order valence-corrected chi connectivity index (χ4v) is 4.14.